The summed E-state index contributed by atoms with van der Waals surface area (Å²) < 4.78 is 1.96. The van der Waals surface area contributed by atoms with Gasteiger partial charge >= 0.3 is 0 Å². The molecule has 164 valence electrons. The smallest absolute Gasteiger partial charge is 0.220 e. The number of carbonyl (C=O) groups excluding carboxylic acids is 1. The molecule has 1 aliphatic heterocycles. The predicted molar refractivity (Wildman–Crippen MR) is 129 cm³/mol. The number of piperidine rings is 1. The van der Waals surface area contributed by atoms with Crippen LogP contribution in [0.25, 0.3) is 5.82 Å². The van der Waals surface area contributed by atoms with Gasteiger partial charge in [-0.3, -0.25) is 9.36 Å². The number of nitrogens with one attached hydrogen (secondary N) is 2. The first-order valence-electron chi connectivity index (χ1n) is 10.3. The maximum atomic E-state index is 11.6. The van der Waals surface area contributed by atoms with Gasteiger partial charge in [0.2, 0.25) is 5.91 Å². The predicted octanol–water partition coefficient (Wildman–Crippen LogP) is 2.51. The summed E-state index contributed by atoms with van der Waals surface area (Å²) in [6, 6.07) is 4.06. The van der Waals surface area contributed by atoms with E-state index >= 15 is 0 Å². The highest BCUT2D eigenvalue weighted by Gasteiger charge is 2.23. The Morgan fingerprint density at radius 1 is 1.27 bits per heavy atom. The van der Waals surface area contributed by atoms with Gasteiger partial charge in [0.15, 0.2) is 5.96 Å². The third kappa shape index (κ3) is 6.41. The van der Waals surface area contributed by atoms with Gasteiger partial charge in [0.1, 0.15) is 11.6 Å². The summed E-state index contributed by atoms with van der Waals surface area (Å²) >= 11 is 0. The van der Waals surface area contributed by atoms with Crippen molar-refractivity contribution >= 4 is 35.8 Å². The van der Waals surface area contributed by atoms with E-state index < -0.39 is 0 Å². The van der Waals surface area contributed by atoms with E-state index in [2.05, 4.69) is 38.5 Å². The second-order valence-electron chi connectivity index (χ2n) is 7.35. The van der Waals surface area contributed by atoms with Crippen LogP contribution in [0.5, 0.6) is 0 Å². The van der Waals surface area contributed by atoms with Crippen molar-refractivity contribution in [3.8, 4) is 5.82 Å². The van der Waals surface area contributed by atoms with Crippen molar-refractivity contribution in [2.45, 2.75) is 39.7 Å². The van der Waals surface area contributed by atoms with Crippen molar-refractivity contribution < 1.29 is 4.79 Å². The van der Waals surface area contributed by atoms with E-state index in [0.717, 1.165) is 55.6 Å². The van der Waals surface area contributed by atoms with E-state index in [-0.39, 0.29) is 29.9 Å². The second kappa shape index (κ2) is 11.9. The van der Waals surface area contributed by atoms with Gasteiger partial charge in [0, 0.05) is 51.7 Å². The van der Waals surface area contributed by atoms with Crippen LogP contribution in [0, 0.1) is 12.8 Å². The Morgan fingerprint density at radius 3 is 2.60 bits per heavy atom. The van der Waals surface area contributed by atoms with Crippen LogP contribution < -0.4 is 10.6 Å². The molecule has 2 N–H and O–H groups in total. The van der Waals surface area contributed by atoms with Crippen LogP contribution in [0.2, 0.25) is 0 Å². The number of aromatic nitrogens is 3. The maximum absolute atomic E-state index is 11.6. The van der Waals surface area contributed by atoms with Crippen LogP contribution >= 0.6 is 24.0 Å². The fourth-order valence-corrected chi connectivity index (χ4v) is 3.58. The van der Waals surface area contributed by atoms with Gasteiger partial charge < -0.3 is 15.5 Å². The number of nitrogens with zero attached hydrogens (tertiary/aromatic N) is 5. The number of imidazole rings is 1. The van der Waals surface area contributed by atoms with Crippen molar-refractivity contribution in [2.75, 3.05) is 26.7 Å². The molecule has 1 saturated heterocycles. The lowest BCUT2D eigenvalue weighted by molar-refractivity contribution is -0.121. The molecule has 0 unspecified atom stereocenters. The molecule has 3 heterocycles. The molecule has 0 radical (unpaired) electrons. The van der Waals surface area contributed by atoms with E-state index in [1.807, 2.05) is 30.0 Å². The molecule has 8 nitrogen and oxygen atoms in total. The number of carbonyl (C=O) groups is 1. The Kier molecular flexibility index (Phi) is 9.54. The minimum absolute atomic E-state index is 0. The van der Waals surface area contributed by atoms with Crippen LogP contribution in [-0.4, -0.2) is 58.0 Å². The Balaban J connectivity index is 0.00000320. The number of pyridine rings is 1. The topological polar surface area (TPSA) is 87.4 Å². The van der Waals surface area contributed by atoms with E-state index in [4.69, 9.17) is 4.99 Å². The zero-order valence-electron chi connectivity index (χ0n) is 18.0. The van der Waals surface area contributed by atoms with Crippen molar-refractivity contribution in [3.63, 3.8) is 0 Å². The quantitative estimate of drug-likeness (QED) is 0.344. The lowest BCUT2D eigenvalue weighted by atomic mass is 9.93. The average Bonchev–Trinajstić information content (AvgIpc) is 3.18. The van der Waals surface area contributed by atoms with Crippen LogP contribution in [-0.2, 0) is 11.3 Å². The zero-order chi connectivity index (χ0) is 20.6. The molecule has 0 aliphatic carbocycles. The molecule has 2 aromatic heterocycles. The number of hydrogen-bond donors (Lipinski definition) is 2. The molecule has 3 rings (SSSR count). The van der Waals surface area contributed by atoms with Crippen molar-refractivity contribution in [1.29, 1.82) is 0 Å². The lowest BCUT2D eigenvalue weighted by Gasteiger charge is -2.34. The molecular weight excluding hydrogens is 493 g/mol. The van der Waals surface area contributed by atoms with Crippen LogP contribution in [0.1, 0.15) is 37.6 Å². The van der Waals surface area contributed by atoms with Crippen LogP contribution in [0.3, 0.4) is 0 Å². The van der Waals surface area contributed by atoms with E-state index in [1.54, 1.807) is 13.2 Å². The fourth-order valence-electron chi connectivity index (χ4n) is 3.58. The Bertz CT molecular complexity index is 826. The Labute approximate surface area is 195 Å². The summed E-state index contributed by atoms with van der Waals surface area (Å²) in [7, 11) is 1.70. The summed E-state index contributed by atoms with van der Waals surface area (Å²) in [6.07, 6.45) is 8.20. The fraction of sp³-hybridized carbons (Fsp3) is 0.524. The minimum atomic E-state index is 0. The number of halogens is 1. The van der Waals surface area contributed by atoms with Crippen molar-refractivity contribution in [2.24, 2.45) is 10.9 Å². The third-order valence-electron chi connectivity index (χ3n) is 5.29. The number of aliphatic imine (C=N–C) groups is 1. The molecule has 30 heavy (non-hydrogen) atoms. The molecular formula is C21H32IN7O. The van der Waals surface area contributed by atoms with E-state index in [9.17, 15) is 4.79 Å². The first-order valence-corrected chi connectivity index (χ1v) is 10.3. The molecule has 1 amide bonds. The molecule has 1 aliphatic rings. The monoisotopic (exact) mass is 525 g/mol. The molecule has 0 spiro atoms. The molecule has 0 saturated carbocycles. The molecule has 2 aromatic rings. The van der Waals surface area contributed by atoms with Gasteiger partial charge in [0.25, 0.3) is 0 Å². The summed E-state index contributed by atoms with van der Waals surface area (Å²) in [5.74, 6) is 3.29. The van der Waals surface area contributed by atoms with Gasteiger partial charge in [0.05, 0.1) is 6.54 Å². The first-order chi connectivity index (χ1) is 14.1. The highest BCUT2D eigenvalue weighted by molar-refractivity contribution is 14.0. The van der Waals surface area contributed by atoms with E-state index in [0.29, 0.717) is 18.9 Å². The summed E-state index contributed by atoms with van der Waals surface area (Å²) in [6.45, 7) is 7.29. The van der Waals surface area contributed by atoms with Gasteiger partial charge in [-0.1, -0.05) is 6.07 Å². The summed E-state index contributed by atoms with van der Waals surface area (Å²) in [5, 5.41) is 6.12. The largest absolute Gasteiger partial charge is 0.359 e. The molecule has 0 bridgehead atoms. The lowest BCUT2D eigenvalue weighted by Crippen LogP contribution is -2.46. The highest BCUT2D eigenvalue weighted by atomic mass is 127. The third-order valence-corrected chi connectivity index (χ3v) is 5.29. The molecule has 1 fully saturated rings. The average molecular weight is 525 g/mol. The van der Waals surface area contributed by atoms with Crippen molar-refractivity contribution in [3.05, 3.63) is 42.1 Å². The standard InChI is InChI=1S/C21H31N7O.HI/c1-4-23-21(27-10-7-17(8-11-27)13-20(29)22-3)26-15-18-5-6-19(25-14-18)28-12-9-24-16(28)2;/h5-6,9,12,14,17H,4,7-8,10-11,13,15H2,1-3H3,(H,22,29)(H,23,26);1H. The van der Waals surface area contributed by atoms with Crippen LogP contribution in [0.15, 0.2) is 35.7 Å². The van der Waals surface area contributed by atoms with Gasteiger partial charge in [-0.05, 0) is 44.2 Å². The molecule has 0 atom stereocenters. The second-order valence-corrected chi connectivity index (χ2v) is 7.35. The number of amides is 1. The molecule has 0 aromatic carbocycles. The number of guanidine groups is 1. The highest BCUT2D eigenvalue weighted by Crippen LogP contribution is 2.20. The van der Waals surface area contributed by atoms with Gasteiger partial charge in [-0.25, -0.2) is 15.0 Å². The maximum Gasteiger partial charge on any atom is 0.220 e. The van der Waals surface area contributed by atoms with Gasteiger partial charge in [-0.2, -0.15) is 0 Å². The number of hydrogen-bond acceptors (Lipinski definition) is 4. The Morgan fingerprint density at radius 2 is 2.03 bits per heavy atom. The van der Waals surface area contributed by atoms with Crippen LogP contribution in [0.4, 0.5) is 0 Å². The molecule has 9 heteroatoms. The first kappa shape index (κ1) is 24.1. The number of aryl methyl sites for hydroxylation is 1. The number of likely N-dealkylation sites (tertiary alicyclic amines) is 1. The summed E-state index contributed by atoms with van der Waals surface area (Å²) in [4.78, 5) is 27.5. The summed E-state index contributed by atoms with van der Waals surface area (Å²) in [5.41, 5.74) is 1.07. The van der Waals surface area contributed by atoms with Crippen molar-refractivity contribution in [1.82, 2.24) is 30.1 Å². The Hall–Kier alpha value is -2.17. The van der Waals surface area contributed by atoms with E-state index in [1.165, 1.54) is 0 Å². The zero-order valence-corrected chi connectivity index (χ0v) is 20.3. The van der Waals surface area contributed by atoms with Gasteiger partial charge in [-0.15, -0.1) is 24.0 Å². The number of rotatable bonds is 6. The minimum Gasteiger partial charge on any atom is -0.359 e. The SMILES string of the molecule is CCNC(=NCc1ccc(-n2ccnc2C)nc1)N1CCC(CC(=O)NC)CC1.I. The normalized spacial score (nSPS) is 14.9.